The van der Waals surface area contributed by atoms with Crippen molar-refractivity contribution in [3.63, 3.8) is 0 Å². The summed E-state index contributed by atoms with van der Waals surface area (Å²) in [5.74, 6) is 1.57. The molecule has 0 aliphatic carbocycles. The van der Waals surface area contributed by atoms with Gasteiger partial charge in [0.05, 0.1) is 0 Å². The maximum absolute atomic E-state index is 6.13. The molecule has 0 amide bonds. The van der Waals surface area contributed by atoms with Crippen molar-refractivity contribution in [3.05, 3.63) is 29.7 Å². The summed E-state index contributed by atoms with van der Waals surface area (Å²) in [6, 6.07) is 4.00. The summed E-state index contributed by atoms with van der Waals surface area (Å²) in [5, 5.41) is 7.11. The summed E-state index contributed by atoms with van der Waals surface area (Å²) in [7, 11) is 0. The van der Waals surface area contributed by atoms with Gasteiger partial charge in [-0.05, 0) is 25.0 Å². The molecule has 0 unspecified atom stereocenters. The summed E-state index contributed by atoms with van der Waals surface area (Å²) in [6.07, 6.45) is 5.97. The minimum absolute atomic E-state index is 0.347. The number of rotatable bonds is 2. The topological polar surface area (TPSA) is 70.6 Å². The molecule has 0 aromatic carbocycles. The molecular formula is C14H13ClN6. The number of nitrogens with one attached hydrogen (secondary N) is 1. The van der Waals surface area contributed by atoms with Gasteiger partial charge in [0.2, 0.25) is 0 Å². The highest BCUT2D eigenvalue weighted by molar-refractivity contribution is 6.33. The Hall–Kier alpha value is -2.21. The van der Waals surface area contributed by atoms with Gasteiger partial charge in [-0.1, -0.05) is 11.6 Å². The highest BCUT2D eigenvalue weighted by Crippen LogP contribution is 2.24. The summed E-state index contributed by atoms with van der Waals surface area (Å²) in [4.78, 5) is 15.5. The molecule has 0 saturated carbocycles. The molecule has 7 heteroatoms. The zero-order valence-corrected chi connectivity index (χ0v) is 12.0. The molecule has 1 N–H and O–H groups in total. The Morgan fingerprint density at radius 3 is 2.76 bits per heavy atom. The standard InChI is InChI=1S/C14H13ClN6/c15-13-12-10(8-17-20-12)18-14(19-13)9-3-4-11(16-7-9)21-5-1-2-6-21/h3-4,7-8H,1-2,5-6H2,(H,17,20). The number of nitrogens with zero attached hydrogens (tertiary/aromatic N) is 5. The summed E-state index contributed by atoms with van der Waals surface area (Å²) >= 11 is 6.13. The lowest BCUT2D eigenvalue weighted by molar-refractivity contribution is 0.937. The van der Waals surface area contributed by atoms with Crippen molar-refractivity contribution in [2.75, 3.05) is 18.0 Å². The number of halogens is 1. The van der Waals surface area contributed by atoms with Crippen molar-refractivity contribution in [1.82, 2.24) is 25.1 Å². The van der Waals surface area contributed by atoms with Crippen molar-refractivity contribution < 1.29 is 0 Å². The lowest BCUT2D eigenvalue weighted by Crippen LogP contribution is -2.18. The molecule has 1 aliphatic rings. The van der Waals surface area contributed by atoms with Crippen LogP contribution in [-0.2, 0) is 0 Å². The number of aromatic nitrogens is 5. The van der Waals surface area contributed by atoms with E-state index in [1.54, 1.807) is 12.4 Å². The minimum Gasteiger partial charge on any atom is -0.357 e. The zero-order valence-electron chi connectivity index (χ0n) is 11.3. The molecule has 3 aromatic heterocycles. The first-order chi connectivity index (χ1) is 10.3. The van der Waals surface area contributed by atoms with E-state index in [1.165, 1.54) is 12.8 Å². The molecule has 0 bridgehead atoms. The van der Waals surface area contributed by atoms with E-state index in [9.17, 15) is 0 Å². The van der Waals surface area contributed by atoms with Crippen LogP contribution in [0.5, 0.6) is 0 Å². The number of pyridine rings is 1. The molecule has 6 nitrogen and oxygen atoms in total. The molecule has 21 heavy (non-hydrogen) atoms. The second-order valence-electron chi connectivity index (χ2n) is 5.06. The summed E-state index contributed by atoms with van der Waals surface area (Å²) < 4.78 is 0. The van der Waals surface area contributed by atoms with Gasteiger partial charge >= 0.3 is 0 Å². The first-order valence-corrected chi connectivity index (χ1v) is 7.27. The highest BCUT2D eigenvalue weighted by atomic mass is 35.5. The zero-order chi connectivity index (χ0) is 14.2. The fourth-order valence-corrected chi connectivity index (χ4v) is 2.81. The van der Waals surface area contributed by atoms with Crippen LogP contribution in [0.2, 0.25) is 5.15 Å². The molecule has 4 rings (SSSR count). The van der Waals surface area contributed by atoms with E-state index in [-0.39, 0.29) is 0 Å². The number of hydrogen-bond acceptors (Lipinski definition) is 5. The quantitative estimate of drug-likeness (QED) is 0.737. The fraction of sp³-hybridized carbons (Fsp3) is 0.286. The minimum atomic E-state index is 0.347. The molecule has 0 atom stereocenters. The van der Waals surface area contributed by atoms with Gasteiger partial charge in [-0.15, -0.1) is 0 Å². The molecule has 0 spiro atoms. The maximum Gasteiger partial charge on any atom is 0.163 e. The molecule has 3 aromatic rings. The van der Waals surface area contributed by atoms with Gasteiger partial charge < -0.3 is 4.90 Å². The second-order valence-corrected chi connectivity index (χ2v) is 5.41. The van der Waals surface area contributed by atoms with Crippen LogP contribution in [0, 0.1) is 0 Å². The third-order valence-corrected chi connectivity index (χ3v) is 3.95. The Kier molecular flexibility index (Phi) is 2.96. The van der Waals surface area contributed by atoms with Crippen molar-refractivity contribution in [3.8, 4) is 11.4 Å². The van der Waals surface area contributed by atoms with E-state index in [1.807, 2.05) is 12.1 Å². The van der Waals surface area contributed by atoms with Crippen molar-refractivity contribution >= 4 is 28.5 Å². The predicted octanol–water partition coefficient (Wildman–Crippen LogP) is 2.67. The Morgan fingerprint density at radius 1 is 1.14 bits per heavy atom. The largest absolute Gasteiger partial charge is 0.357 e. The first-order valence-electron chi connectivity index (χ1n) is 6.90. The van der Waals surface area contributed by atoms with Crippen LogP contribution < -0.4 is 4.90 Å². The van der Waals surface area contributed by atoms with E-state index in [0.29, 0.717) is 22.0 Å². The second kappa shape index (κ2) is 4.96. The first kappa shape index (κ1) is 12.5. The highest BCUT2D eigenvalue weighted by Gasteiger charge is 2.14. The van der Waals surface area contributed by atoms with Crippen LogP contribution in [0.4, 0.5) is 5.82 Å². The fourth-order valence-electron chi connectivity index (χ4n) is 2.59. The molecular weight excluding hydrogens is 288 g/mol. The van der Waals surface area contributed by atoms with Gasteiger partial charge in [-0.3, -0.25) is 5.10 Å². The number of anilines is 1. The van der Waals surface area contributed by atoms with Gasteiger partial charge in [0.1, 0.15) is 16.9 Å². The number of aromatic amines is 1. The smallest absolute Gasteiger partial charge is 0.163 e. The normalized spacial score (nSPS) is 15.0. The Labute approximate surface area is 126 Å². The van der Waals surface area contributed by atoms with E-state index in [4.69, 9.17) is 11.6 Å². The van der Waals surface area contributed by atoms with Crippen molar-refractivity contribution in [2.45, 2.75) is 12.8 Å². The van der Waals surface area contributed by atoms with Crippen LogP contribution >= 0.6 is 11.6 Å². The summed E-state index contributed by atoms with van der Waals surface area (Å²) in [5.41, 5.74) is 2.14. The average Bonchev–Trinajstić information content (AvgIpc) is 3.19. The molecule has 1 saturated heterocycles. The number of H-pyrrole nitrogens is 1. The van der Waals surface area contributed by atoms with E-state index in [2.05, 4.69) is 30.0 Å². The van der Waals surface area contributed by atoms with Crippen LogP contribution in [0.25, 0.3) is 22.4 Å². The molecule has 1 fully saturated rings. The van der Waals surface area contributed by atoms with Crippen LogP contribution in [-0.4, -0.2) is 38.2 Å². The number of fused-ring (bicyclic) bond motifs is 1. The van der Waals surface area contributed by atoms with Crippen LogP contribution in [0.1, 0.15) is 12.8 Å². The van der Waals surface area contributed by atoms with Gasteiger partial charge in [0.15, 0.2) is 11.0 Å². The third-order valence-electron chi connectivity index (χ3n) is 3.68. The lowest BCUT2D eigenvalue weighted by atomic mass is 10.2. The Bertz CT molecular complexity index is 776. The van der Waals surface area contributed by atoms with Crippen molar-refractivity contribution in [1.29, 1.82) is 0 Å². The van der Waals surface area contributed by atoms with E-state index in [0.717, 1.165) is 24.5 Å². The van der Waals surface area contributed by atoms with Gasteiger partial charge in [-0.25, -0.2) is 15.0 Å². The summed E-state index contributed by atoms with van der Waals surface area (Å²) in [6.45, 7) is 2.16. The monoisotopic (exact) mass is 300 g/mol. The third kappa shape index (κ3) is 2.21. The van der Waals surface area contributed by atoms with Gasteiger partial charge in [0.25, 0.3) is 0 Å². The SMILES string of the molecule is Clc1nc(-c2ccc(N3CCCC3)nc2)nc2c[nH]nc12. The van der Waals surface area contributed by atoms with Crippen LogP contribution in [0.3, 0.4) is 0 Å². The Morgan fingerprint density at radius 2 is 2.00 bits per heavy atom. The average molecular weight is 301 g/mol. The molecule has 106 valence electrons. The predicted molar refractivity (Wildman–Crippen MR) is 81.4 cm³/mol. The van der Waals surface area contributed by atoms with Crippen LogP contribution in [0.15, 0.2) is 24.5 Å². The molecule has 0 radical (unpaired) electrons. The molecule has 1 aliphatic heterocycles. The van der Waals surface area contributed by atoms with E-state index < -0.39 is 0 Å². The maximum atomic E-state index is 6.13. The van der Waals surface area contributed by atoms with Gasteiger partial charge in [-0.2, -0.15) is 5.10 Å². The molecule has 4 heterocycles. The van der Waals surface area contributed by atoms with Crippen molar-refractivity contribution in [2.24, 2.45) is 0 Å². The number of hydrogen-bond donors (Lipinski definition) is 1. The van der Waals surface area contributed by atoms with Gasteiger partial charge in [0, 0.05) is 31.0 Å². The Balaban J connectivity index is 1.70. The van der Waals surface area contributed by atoms with E-state index >= 15 is 0 Å². The lowest BCUT2D eigenvalue weighted by Gasteiger charge is -2.16.